The van der Waals surface area contributed by atoms with Crippen LogP contribution < -0.4 is 10.1 Å². The number of nitrogens with zero attached hydrogens (tertiary/aromatic N) is 2. The van der Waals surface area contributed by atoms with Gasteiger partial charge in [-0.2, -0.15) is 5.10 Å². The summed E-state index contributed by atoms with van der Waals surface area (Å²) in [6, 6.07) is 6.83. The minimum atomic E-state index is -0.368. The first-order valence-corrected chi connectivity index (χ1v) is 6.49. The van der Waals surface area contributed by atoms with Gasteiger partial charge in [0.25, 0.3) is 0 Å². The van der Waals surface area contributed by atoms with Crippen molar-refractivity contribution in [2.45, 2.75) is 25.4 Å². The van der Waals surface area contributed by atoms with E-state index in [1.807, 2.05) is 4.68 Å². The summed E-state index contributed by atoms with van der Waals surface area (Å²) in [5.41, 5.74) is 0. The molecule has 0 aliphatic carbocycles. The third kappa shape index (κ3) is 2.93. The normalized spacial score (nSPS) is 18.7. The Morgan fingerprint density at radius 2 is 2.32 bits per heavy atom. The highest BCUT2D eigenvalue weighted by Gasteiger charge is 2.15. The van der Waals surface area contributed by atoms with Gasteiger partial charge in [-0.15, -0.1) is 0 Å². The number of halogens is 1. The molecule has 0 saturated carbocycles. The molecule has 19 heavy (non-hydrogen) atoms. The lowest BCUT2D eigenvalue weighted by Crippen LogP contribution is -2.26. The summed E-state index contributed by atoms with van der Waals surface area (Å²) < 4.78 is 20.8. The van der Waals surface area contributed by atoms with E-state index in [2.05, 4.69) is 10.4 Å². The lowest BCUT2D eigenvalue weighted by atomic mass is 10.2. The molecule has 3 rings (SSSR count). The number of hydrogen-bond donors (Lipinski definition) is 1. The Morgan fingerprint density at radius 1 is 1.42 bits per heavy atom. The molecule has 1 aliphatic heterocycles. The van der Waals surface area contributed by atoms with E-state index in [1.54, 1.807) is 30.6 Å². The smallest absolute Gasteiger partial charge is 0.165 e. The zero-order valence-electron chi connectivity index (χ0n) is 10.6. The predicted molar refractivity (Wildman–Crippen MR) is 69.7 cm³/mol. The number of nitrogens with one attached hydrogen (secondary N) is 1. The summed E-state index contributed by atoms with van der Waals surface area (Å²) in [5.74, 6) is 0.414. The molecular formula is C14H16FN3O. The highest BCUT2D eigenvalue weighted by Crippen LogP contribution is 2.23. The topological polar surface area (TPSA) is 39.1 Å². The SMILES string of the molecule is Fc1ccccc1Oc1cnn(CC2CCCN2)c1. The minimum absolute atomic E-state index is 0.223. The van der Waals surface area contributed by atoms with Crippen LogP contribution in [0.1, 0.15) is 12.8 Å². The molecule has 1 unspecified atom stereocenters. The van der Waals surface area contributed by atoms with Gasteiger partial charge in [-0.3, -0.25) is 4.68 Å². The predicted octanol–water partition coefficient (Wildman–Crippen LogP) is 2.57. The van der Waals surface area contributed by atoms with Gasteiger partial charge in [0.2, 0.25) is 0 Å². The first-order valence-electron chi connectivity index (χ1n) is 6.49. The van der Waals surface area contributed by atoms with Crippen LogP contribution in [0.25, 0.3) is 0 Å². The van der Waals surface area contributed by atoms with Crippen LogP contribution in [0, 0.1) is 5.82 Å². The second kappa shape index (κ2) is 5.40. The van der Waals surface area contributed by atoms with Gasteiger partial charge >= 0.3 is 0 Å². The summed E-state index contributed by atoms with van der Waals surface area (Å²) in [5, 5.41) is 7.65. The van der Waals surface area contributed by atoms with Gasteiger partial charge in [0.1, 0.15) is 0 Å². The average molecular weight is 261 g/mol. The molecule has 5 heteroatoms. The molecule has 2 aromatic rings. The van der Waals surface area contributed by atoms with Crippen molar-refractivity contribution in [2.75, 3.05) is 6.54 Å². The molecule has 1 aromatic carbocycles. The summed E-state index contributed by atoms with van der Waals surface area (Å²) in [6.07, 6.45) is 5.79. The quantitative estimate of drug-likeness (QED) is 0.919. The van der Waals surface area contributed by atoms with Crippen LogP contribution >= 0.6 is 0 Å². The fourth-order valence-electron chi connectivity index (χ4n) is 2.29. The fraction of sp³-hybridized carbons (Fsp3) is 0.357. The zero-order chi connectivity index (χ0) is 13.1. The van der Waals surface area contributed by atoms with Crippen molar-refractivity contribution < 1.29 is 9.13 Å². The highest BCUT2D eigenvalue weighted by atomic mass is 19.1. The summed E-state index contributed by atoms with van der Waals surface area (Å²) >= 11 is 0. The van der Waals surface area contributed by atoms with E-state index >= 15 is 0 Å². The average Bonchev–Trinajstić information content (AvgIpc) is 3.05. The van der Waals surface area contributed by atoms with Crippen molar-refractivity contribution >= 4 is 0 Å². The maximum absolute atomic E-state index is 13.4. The molecule has 4 nitrogen and oxygen atoms in total. The third-order valence-electron chi connectivity index (χ3n) is 3.24. The van der Waals surface area contributed by atoms with Crippen LogP contribution in [-0.4, -0.2) is 22.4 Å². The molecule has 1 fully saturated rings. The number of benzene rings is 1. The molecule has 1 N–H and O–H groups in total. The number of hydrogen-bond acceptors (Lipinski definition) is 3. The molecule has 2 heterocycles. The van der Waals surface area contributed by atoms with E-state index in [0.29, 0.717) is 11.8 Å². The van der Waals surface area contributed by atoms with Crippen molar-refractivity contribution in [3.63, 3.8) is 0 Å². The monoisotopic (exact) mass is 261 g/mol. The third-order valence-corrected chi connectivity index (χ3v) is 3.24. The first kappa shape index (κ1) is 12.2. The Morgan fingerprint density at radius 3 is 3.11 bits per heavy atom. The molecule has 0 bridgehead atoms. The van der Waals surface area contributed by atoms with Gasteiger partial charge in [0.05, 0.1) is 18.9 Å². The standard InChI is InChI=1S/C14H16FN3O/c15-13-5-1-2-6-14(13)19-12-8-17-18(10-12)9-11-4-3-7-16-11/h1-2,5-6,8,10-11,16H,3-4,7,9H2. The van der Waals surface area contributed by atoms with E-state index < -0.39 is 0 Å². The van der Waals surface area contributed by atoms with Crippen molar-refractivity contribution in [3.8, 4) is 11.5 Å². The Kier molecular flexibility index (Phi) is 3.46. The summed E-state index contributed by atoms with van der Waals surface area (Å²) in [4.78, 5) is 0. The second-order valence-electron chi connectivity index (χ2n) is 4.72. The molecule has 1 aliphatic rings. The largest absolute Gasteiger partial charge is 0.451 e. The second-order valence-corrected chi connectivity index (χ2v) is 4.72. The molecule has 0 amide bonds. The molecule has 0 radical (unpaired) electrons. The Labute approximate surface area is 111 Å². The maximum Gasteiger partial charge on any atom is 0.165 e. The highest BCUT2D eigenvalue weighted by molar-refractivity contribution is 5.29. The maximum atomic E-state index is 13.4. The lowest BCUT2D eigenvalue weighted by Gasteiger charge is -2.09. The van der Waals surface area contributed by atoms with Gasteiger partial charge in [0.15, 0.2) is 17.3 Å². The molecule has 100 valence electrons. The number of rotatable bonds is 4. The van der Waals surface area contributed by atoms with Gasteiger partial charge in [0, 0.05) is 6.04 Å². The molecule has 1 saturated heterocycles. The van der Waals surface area contributed by atoms with Crippen molar-refractivity contribution in [1.82, 2.24) is 15.1 Å². The Balaban J connectivity index is 1.66. The molecule has 1 aromatic heterocycles. The van der Waals surface area contributed by atoms with Crippen molar-refractivity contribution in [2.24, 2.45) is 0 Å². The molecule has 1 atom stereocenters. The summed E-state index contributed by atoms with van der Waals surface area (Å²) in [7, 11) is 0. The van der Waals surface area contributed by atoms with Gasteiger partial charge in [-0.25, -0.2) is 4.39 Å². The lowest BCUT2D eigenvalue weighted by molar-refractivity contribution is 0.438. The Bertz CT molecular complexity index is 549. The van der Waals surface area contributed by atoms with Crippen LogP contribution in [0.3, 0.4) is 0 Å². The van der Waals surface area contributed by atoms with Crippen LogP contribution in [0.5, 0.6) is 11.5 Å². The van der Waals surface area contributed by atoms with Crippen LogP contribution in [0.15, 0.2) is 36.7 Å². The molecule has 0 spiro atoms. The van der Waals surface area contributed by atoms with E-state index in [9.17, 15) is 4.39 Å². The zero-order valence-corrected chi connectivity index (χ0v) is 10.6. The number of para-hydroxylation sites is 1. The van der Waals surface area contributed by atoms with E-state index in [0.717, 1.165) is 13.1 Å². The van der Waals surface area contributed by atoms with Gasteiger partial charge in [-0.05, 0) is 31.5 Å². The first-order chi connectivity index (χ1) is 9.31. The van der Waals surface area contributed by atoms with Crippen LogP contribution in [0.4, 0.5) is 4.39 Å². The van der Waals surface area contributed by atoms with E-state index in [4.69, 9.17) is 4.74 Å². The fourth-order valence-corrected chi connectivity index (χ4v) is 2.29. The van der Waals surface area contributed by atoms with Gasteiger partial charge < -0.3 is 10.1 Å². The van der Waals surface area contributed by atoms with Crippen LogP contribution in [-0.2, 0) is 6.54 Å². The number of aromatic nitrogens is 2. The minimum Gasteiger partial charge on any atom is -0.451 e. The van der Waals surface area contributed by atoms with Crippen molar-refractivity contribution in [3.05, 3.63) is 42.5 Å². The Hall–Kier alpha value is -1.88. The van der Waals surface area contributed by atoms with Crippen LogP contribution in [0.2, 0.25) is 0 Å². The molecular weight excluding hydrogens is 245 g/mol. The summed E-state index contributed by atoms with van der Waals surface area (Å²) in [6.45, 7) is 1.89. The number of ether oxygens (including phenoxy) is 1. The van der Waals surface area contributed by atoms with E-state index in [1.165, 1.54) is 18.9 Å². The van der Waals surface area contributed by atoms with E-state index in [-0.39, 0.29) is 11.6 Å². The van der Waals surface area contributed by atoms with Gasteiger partial charge in [-0.1, -0.05) is 12.1 Å². The van der Waals surface area contributed by atoms with Crippen molar-refractivity contribution in [1.29, 1.82) is 0 Å².